The molecule has 1 rings (SSSR count). The number of rotatable bonds is 1. The fraction of sp³-hybridized carbons (Fsp3) is 0.800. The topological polar surface area (TPSA) is 3.24 Å². The van der Waals surface area contributed by atoms with E-state index in [4.69, 9.17) is 0 Å². The molecule has 0 spiro atoms. The molecule has 0 aromatic heterocycles. The maximum atomic E-state index is 2.54. The Kier molecular flexibility index (Phi) is 3.13. The van der Waals surface area contributed by atoms with Gasteiger partial charge >= 0.3 is 0 Å². The predicted octanol–water partition coefficient (Wildman–Crippen LogP) is 2.44. The number of nitrogens with zero attached hydrogens (tertiary/aromatic N) is 1. The fourth-order valence-corrected chi connectivity index (χ4v) is 1.60. The summed E-state index contributed by atoms with van der Waals surface area (Å²) in [4.78, 5) is 2.54. The molecule has 0 N–H and O–H groups in total. The zero-order chi connectivity index (χ0) is 8.27. The van der Waals surface area contributed by atoms with Gasteiger partial charge in [0.05, 0.1) is 0 Å². The quantitative estimate of drug-likeness (QED) is 0.523. The van der Waals surface area contributed by atoms with E-state index in [2.05, 4.69) is 31.7 Å². The van der Waals surface area contributed by atoms with Gasteiger partial charge in [-0.1, -0.05) is 11.6 Å². The van der Waals surface area contributed by atoms with Crippen molar-refractivity contribution in [2.45, 2.75) is 39.7 Å². The van der Waals surface area contributed by atoms with E-state index in [1.165, 1.54) is 25.9 Å². The van der Waals surface area contributed by atoms with Crippen LogP contribution in [-0.2, 0) is 0 Å². The van der Waals surface area contributed by atoms with Crippen LogP contribution >= 0.6 is 0 Å². The van der Waals surface area contributed by atoms with Crippen molar-refractivity contribution in [3.63, 3.8) is 0 Å². The van der Waals surface area contributed by atoms with Crippen molar-refractivity contribution >= 4 is 0 Å². The van der Waals surface area contributed by atoms with Gasteiger partial charge in [0.1, 0.15) is 0 Å². The molecule has 64 valence electrons. The Balaban J connectivity index is 2.46. The van der Waals surface area contributed by atoms with Crippen molar-refractivity contribution in [3.8, 4) is 0 Å². The van der Waals surface area contributed by atoms with Crippen LogP contribution in [0.4, 0.5) is 0 Å². The monoisotopic (exact) mass is 153 g/mol. The minimum atomic E-state index is 0.713. The van der Waals surface area contributed by atoms with Crippen LogP contribution < -0.4 is 0 Å². The lowest BCUT2D eigenvalue weighted by molar-refractivity contribution is 0.216. The SMILES string of the molecule is C/C=C1\CCCN(C(C)C)C1. The Morgan fingerprint density at radius 2 is 2.18 bits per heavy atom. The summed E-state index contributed by atoms with van der Waals surface area (Å²) in [5.74, 6) is 0. The Morgan fingerprint density at radius 3 is 2.73 bits per heavy atom. The van der Waals surface area contributed by atoms with E-state index in [1.807, 2.05) is 0 Å². The summed E-state index contributed by atoms with van der Waals surface area (Å²) in [5.41, 5.74) is 1.62. The molecular formula is C10H19N. The molecule has 0 saturated carbocycles. The summed E-state index contributed by atoms with van der Waals surface area (Å²) in [7, 11) is 0. The van der Waals surface area contributed by atoms with Gasteiger partial charge in [0.2, 0.25) is 0 Å². The molecule has 1 fully saturated rings. The lowest BCUT2D eigenvalue weighted by Gasteiger charge is -2.31. The first-order valence-corrected chi connectivity index (χ1v) is 4.62. The molecule has 0 bridgehead atoms. The third-order valence-corrected chi connectivity index (χ3v) is 2.49. The molecule has 0 amide bonds. The Morgan fingerprint density at radius 1 is 1.45 bits per heavy atom. The maximum absolute atomic E-state index is 2.54. The summed E-state index contributed by atoms with van der Waals surface area (Å²) in [6.45, 7) is 9.19. The van der Waals surface area contributed by atoms with Crippen LogP contribution in [0.15, 0.2) is 11.6 Å². The molecule has 11 heavy (non-hydrogen) atoms. The largest absolute Gasteiger partial charge is 0.297 e. The minimum Gasteiger partial charge on any atom is -0.297 e. The van der Waals surface area contributed by atoms with Gasteiger partial charge in [-0.25, -0.2) is 0 Å². The second-order valence-electron chi connectivity index (χ2n) is 3.61. The first kappa shape index (κ1) is 8.79. The van der Waals surface area contributed by atoms with Crippen molar-refractivity contribution < 1.29 is 0 Å². The highest BCUT2D eigenvalue weighted by Gasteiger charge is 2.15. The third kappa shape index (κ3) is 2.33. The van der Waals surface area contributed by atoms with E-state index in [0.29, 0.717) is 6.04 Å². The van der Waals surface area contributed by atoms with Gasteiger partial charge in [-0.3, -0.25) is 4.90 Å². The first-order chi connectivity index (χ1) is 5.24. The number of hydrogen-bond donors (Lipinski definition) is 0. The average Bonchev–Trinajstić information content (AvgIpc) is 2.05. The molecule has 0 aromatic rings. The highest BCUT2D eigenvalue weighted by Crippen LogP contribution is 2.16. The number of piperidine rings is 1. The summed E-state index contributed by atoms with van der Waals surface area (Å²) in [6, 6.07) is 0.713. The summed E-state index contributed by atoms with van der Waals surface area (Å²) in [6.07, 6.45) is 4.94. The molecule has 0 unspecified atom stereocenters. The van der Waals surface area contributed by atoms with E-state index < -0.39 is 0 Å². The second-order valence-corrected chi connectivity index (χ2v) is 3.61. The predicted molar refractivity (Wildman–Crippen MR) is 49.7 cm³/mol. The van der Waals surface area contributed by atoms with E-state index in [-0.39, 0.29) is 0 Å². The van der Waals surface area contributed by atoms with E-state index in [0.717, 1.165) is 0 Å². The van der Waals surface area contributed by atoms with Gasteiger partial charge in [0, 0.05) is 12.6 Å². The zero-order valence-electron chi connectivity index (χ0n) is 7.93. The number of allylic oxidation sites excluding steroid dienone is 1. The van der Waals surface area contributed by atoms with Crippen LogP contribution in [0.3, 0.4) is 0 Å². The Labute approximate surface area is 70.1 Å². The Hall–Kier alpha value is -0.300. The van der Waals surface area contributed by atoms with Crippen LogP contribution in [-0.4, -0.2) is 24.0 Å². The van der Waals surface area contributed by atoms with Crippen LogP contribution in [0.5, 0.6) is 0 Å². The van der Waals surface area contributed by atoms with Gasteiger partial charge in [0.25, 0.3) is 0 Å². The summed E-state index contributed by atoms with van der Waals surface area (Å²) < 4.78 is 0. The van der Waals surface area contributed by atoms with Crippen molar-refractivity contribution in [1.82, 2.24) is 4.90 Å². The lowest BCUT2D eigenvalue weighted by atomic mass is 10.0. The minimum absolute atomic E-state index is 0.713. The van der Waals surface area contributed by atoms with Gasteiger partial charge in [-0.15, -0.1) is 0 Å². The first-order valence-electron chi connectivity index (χ1n) is 4.62. The Bertz CT molecular complexity index is 147. The van der Waals surface area contributed by atoms with Crippen LogP contribution in [0.1, 0.15) is 33.6 Å². The van der Waals surface area contributed by atoms with Crippen LogP contribution in [0.2, 0.25) is 0 Å². The van der Waals surface area contributed by atoms with E-state index in [1.54, 1.807) is 5.57 Å². The summed E-state index contributed by atoms with van der Waals surface area (Å²) in [5, 5.41) is 0. The lowest BCUT2D eigenvalue weighted by Crippen LogP contribution is -2.36. The van der Waals surface area contributed by atoms with E-state index in [9.17, 15) is 0 Å². The molecule has 0 atom stereocenters. The van der Waals surface area contributed by atoms with Crippen LogP contribution in [0.25, 0.3) is 0 Å². The maximum Gasteiger partial charge on any atom is 0.0195 e. The van der Waals surface area contributed by atoms with Gasteiger partial charge in [-0.2, -0.15) is 0 Å². The molecular weight excluding hydrogens is 134 g/mol. The highest BCUT2D eigenvalue weighted by atomic mass is 15.1. The third-order valence-electron chi connectivity index (χ3n) is 2.49. The fourth-order valence-electron chi connectivity index (χ4n) is 1.60. The summed E-state index contributed by atoms with van der Waals surface area (Å²) >= 11 is 0. The van der Waals surface area contributed by atoms with E-state index >= 15 is 0 Å². The van der Waals surface area contributed by atoms with Gasteiger partial charge in [0.15, 0.2) is 0 Å². The van der Waals surface area contributed by atoms with Crippen molar-refractivity contribution in [1.29, 1.82) is 0 Å². The molecule has 1 aliphatic rings. The molecule has 1 saturated heterocycles. The second kappa shape index (κ2) is 3.91. The molecule has 0 aliphatic carbocycles. The van der Waals surface area contributed by atoms with Crippen molar-refractivity contribution in [3.05, 3.63) is 11.6 Å². The zero-order valence-corrected chi connectivity index (χ0v) is 7.93. The highest BCUT2D eigenvalue weighted by molar-refractivity contribution is 5.05. The molecule has 1 nitrogen and oxygen atoms in total. The van der Waals surface area contributed by atoms with Crippen molar-refractivity contribution in [2.75, 3.05) is 13.1 Å². The normalized spacial score (nSPS) is 24.9. The van der Waals surface area contributed by atoms with Gasteiger partial charge < -0.3 is 0 Å². The number of hydrogen-bond acceptors (Lipinski definition) is 1. The molecule has 0 radical (unpaired) electrons. The van der Waals surface area contributed by atoms with Gasteiger partial charge in [-0.05, 0) is 40.2 Å². The smallest absolute Gasteiger partial charge is 0.0195 e. The van der Waals surface area contributed by atoms with Crippen molar-refractivity contribution in [2.24, 2.45) is 0 Å². The average molecular weight is 153 g/mol. The molecule has 1 aliphatic heterocycles. The molecule has 1 heterocycles. The number of likely N-dealkylation sites (tertiary alicyclic amines) is 1. The van der Waals surface area contributed by atoms with Crippen LogP contribution in [0, 0.1) is 0 Å². The standard InChI is InChI=1S/C10H19N/c1-4-10-6-5-7-11(8-10)9(2)3/h4,9H,5-8H2,1-3H3/b10-4+. The molecule has 0 aromatic carbocycles. The molecule has 1 heteroatoms.